The molecule has 0 bridgehead atoms. The number of rotatable bonds is 5. The van der Waals surface area contributed by atoms with E-state index in [0.29, 0.717) is 18.5 Å². The van der Waals surface area contributed by atoms with Crippen LogP contribution in [0.3, 0.4) is 0 Å². The Hall–Kier alpha value is -1.62. The minimum Gasteiger partial charge on any atom is -0.406 e. The van der Waals surface area contributed by atoms with Crippen molar-refractivity contribution in [3.8, 4) is 0 Å². The Kier molecular flexibility index (Phi) is 4.15. The highest BCUT2D eigenvalue weighted by Gasteiger charge is 2.11. The molecule has 0 saturated carbocycles. The second kappa shape index (κ2) is 5.82. The number of aromatic nitrogens is 3. The molecule has 6 heteroatoms. The van der Waals surface area contributed by atoms with Crippen molar-refractivity contribution in [1.29, 1.82) is 0 Å². The van der Waals surface area contributed by atoms with Gasteiger partial charge in [0.1, 0.15) is 5.38 Å². The van der Waals surface area contributed by atoms with Crippen LogP contribution in [0.15, 0.2) is 22.7 Å². The lowest BCUT2D eigenvalue weighted by Crippen LogP contribution is -2.05. The summed E-state index contributed by atoms with van der Waals surface area (Å²) >= 11 is 5.84. The fourth-order valence-electron chi connectivity index (χ4n) is 1.58. The van der Waals surface area contributed by atoms with Gasteiger partial charge in [-0.15, -0.1) is 16.7 Å². The van der Waals surface area contributed by atoms with Crippen LogP contribution in [0.4, 0.5) is 6.01 Å². The van der Waals surface area contributed by atoms with E-state index < -0.39 is 0 Å². The van der Waals surface area contributed by atoms with E-state index in [0.717, 1.165) is 12.1 Å². The van der Waals surface area contributed by atoms with Crippen LogP contribution in [0.5, 0.6) is 0 Å². The standard InChI is InChI=1S/C12H15ClN4O/c1-3-9-5-4-6-14-10(9)7-15-12-17-16-11(18-12)8(2)13/h4-6,8H,3,7H2,1-2H3,(H,15,17). The summed E-state index contributed by atoms with van der Waals surface area (Å²) in [7, 11) is 0. The molecule has 0 aliphatic carbocycles. The summed E-state index contributed by atoms with van der Waals surface area (Å²) in [4.78, 5) is 4.33. The van der Waals surface area contributed by atoms with Crippen molar-refractivity contribution in [3.05, 3.63) is 35.5 Å². The van der Waals surface area contributed by atoms with Gasteiger partial charge in [0.15, 0.2) is 0 Å². The molecule has 1 N–H and O–H groups in total. The third-order valence-corrected chi connectivity index (χ3v) is 2.74. The molecule has 0 amide bonds. The average molecular weight is 267 g/mol. The molecule has 18 heavy (non-hydrogen) atoms. The van der Waals surface area contributed by atoms with Crippen molar-refractivity contribution >= 4 is 17.6 Å². The molecule has 0 aliphatic rings. The predicted octanol–water partition coefficient (Wildman–Crippen LogP) is 2.94. The van der Waals surface area contributed by atoms with E-state index in [9.17, 15) is 0 Å². The first kappa shape index (κ1) is 12.8. The molecule has 0 radical (unpaired) electrons. The third-order valence-electron chi connectivity index (χ3n) is 2.55. The molecular formula is C12H15ClN4O. The van der Waals surface area contributed by atoms with E-state index in [4.69, 9.17) is 16.0 Å². The molecule has 0 saturated heterocycles. The SMILES string of the molecule is CCc1cccnc1CNc1nnc(C(C)Cl)o1. The molecule has 2 aromatic rings. The second-order valence-corrected chi connectivity index (χ2v) is 4.53. The second-order valence-electron chi connectivity index (χ2n) is 3.88. The summed E-state index contributed by atoms with van der Waals surface area (Å²) in [6.45, 7) is 4.44. The monoisotopic (exact) mass is 266 g/mol. The number of hydrogen-bond donors (Lipinski definition) is 1. The maximum atomic E-state index is 5.84. The quantitative estimate of drug-likeness (QED) is 0.843. The number of hydrogen-bond acceptors (Lipinski definition) is 5. The van der Waals surface area contributed by atoms with Gasteiger partial charge < -0.3 is 9.73 Å². The van der Waals surface area contributed by atoms with Gasteiger partial charge >= 0.3 is 6.01 Å². The minimum absolute atomic E-state index is 0.283. The lowest BCUT2D eigenvalue weighted by molar-refractivity contribution is 0.505. The Morgan fingerprint density at radius 2 is 2.28 bits per heavy atom. The molecule has 0 spiro atoms. The van der Waals surface area contributed by atoms with Crippen molar-refractivity contribution in [1.82, 2.24) is 15.2 Å². The zero-order chi connectivity index (χ0) is 13.0. The van der Waals surface area contributed by atoms with Crippen molar-refractivity contribution in [2.24, 2.45) is 0 Å². The van der Waals surface area contributed by atoms with Crippen LogP contribution in [-0.4, -0.2) is 15.2 Å². The number of alkyl halides is 1. The fraction of sp³-hybridized carbons (Fsp3) is 0.417. The lowest BCUT2D eigenvalue weighted by Gasteiger charge is -2.05. The van der Waals surface area contributed by atoms with Gasteiger partial charge in [-0.1, -0.05) is 18.1 Å². The summed E-state index contributed by atoms with van der Waals surface area (Å²) in [5.41, 5.74) is 2.19. The van der Waals surface area contributed by atoms with Gasteiger partial charge in [0, 0.05) is 6.20 Å². The van der Waals surface area contributed by atoms with Crippen LogP contribution in [0.25, 0.3) is 0 Å². The summed E-state index contributed by atoms with van der Waals surface area (Å²) in [5.74, 6) is 0.413. The van der Waals surface area contributed by atoms with Gasteiger partial charge in [-0.25, -0.2) is 0 Å². The first-order valence-corrected chi connectivity index (χ1v) is 6.28. The molecule has 0 fully saturated rings. The van der Waals surface area contributed by atoms with Crippen LogP contribution >= 0.6 is 11.6 Å². The van der Waals surface area contributed by atoms with Gasteiger partial charge in [-0.3, -0.25) is 4.98 Å². The zero-order valence-corrected chi connectivity index (χ0v) is 11.1. The van der Waals surface area contributed by atoms with Crippen molar-refractivity contribution in [3.63, 3.8) is 0 Å². The Balaban J connectivity index is 2.02. The summed E-state index contributed by atoms with van der Waals surface area (Å²) < 4.78 is 5.35. The third kappa shape index (κ3) is 2.98. The Morgan fingerprint density at radius 3 is 2.94 bits per heavy atom. The highest BCUT2D eigenvalue weighted by Crippen LogP contribution is 2.19. The smallest absolute Gasteiger partial charge is 0.315 e. The van der Waals surface area contributed by atoms with E-state index >= 15 is 0 Å². The number of pyridine rings is 1. The molecule has 0 aromatic carbocycles. The van der Waals surface area contributed by atoms with E-state index in [1.54, 1.807) is 13.1 Å². The molecule has 1 atom stereocenters. The number of aryl methyl sites for hydroxylation is 1. The largest absolute Gasteiger partial charge is 0.406 e. The Bertz CT molecular complexity index is 512. The van der Waals surface area contributed by atoms with Gasteiger partial charge in [0.05, 0.1) is 12.2 Å². The van der Waals surface area contributed by atoms with E-state index in [-0.39, 0.29) is 5.38 Å². The Morgan fingerprint density at radius 1 is 1.44 bits per heavy atom. The molecule has 2 rings (SSSR count). The van der Waals surface area contributed by atoms with E-state index in [2.05, 4.69) is 33.5 Å². The van der Waals surface area contributed by atoms with Gasteiger partial charge in [0.25, 0.3) is 0 Å². The fourth-order valence-corrected chi connectivity index (χ4v) is 1.67. The van der Waals surface area contributed by atoms with Crippen molar-refractivity contribution in [2.75, 3.05) is 5.32 Å². The molecule has 1 unspecified atom stereocenters. The number of halogens is 1. The highest BCUT2D eigenvalue weighted by atomic mass is 35.5. The zero-order valence-electron chi connectivity index (χ0n) is 10.4. The first-order valence-electron chi connectivity index (χ1n) is 5.84. The van der Waals surface area contributed by atoms with Crippen molar-refractivity contribution in [2.45, 2.75) is 32.2 Å². The first-order chi connectivity index (χ1) is 8.70. The van der Waals surface area contributed by atoms with Crippen LogP contribution in [-0.2, 0) is 13.0 Å². The topological polar surface area (TPSA) is 63.8 Å². The maximum Gasteiger partial charge on any atom is 0.315 e. The average Bonchev–Trinajstić information content (AvgIpc) is 2.85. The summed E-state index contributed by atoms with van der Waals surface area (Å²) in [6.07, 6.45) is 2.72. The number of anilines is 1. The lowest BCUT2D eigenvalue weighted by atomic mass is 10.1. The number of nitrogens with zero attached hydrogens (tertiary/aromatic N) is 3. The normalized spacial score (nSPS) is 12.4. The summed E-state index contributed by atoms with van der Waals surface area (Å²) in [6, 6.07) is 4.36. The molecule has 2 heterocycles. The summed E-state index contributed by atoms with van der Waals surface area (Å²) in [5, 5.41) is 10.5. The van der Waals surface area contributed by atoms with Gasteiger partial charge in [-0.2, -0.15) is 0 Å². The van der Waals surface area contributed by atoms with Crippen LogP contribution in [0.2, 0.25) is 0 Å². The Labute approximate surface area is 111 Å². The van der Waals surface area contributed by atoms with Crippen LogP contribution in [0, 0.1) is 0 Å². The van der Waals surface area contributed by atoms with Crippen LogP contribution < -0.4 is 5.32 Å². The van der Waals surface area contributed by atoms with E-state index in [1.165, 1.54) is 5.56 Å². The molecule has 96 valence electrons. The van der Waals surface area contributed by atoms with Crippen LogP contribution in [0.1, 0.15) is 36.4 Å². The maximum absolute atomic E-state index is 5.84. The number of nitrogens with one attached hydrogen (secondary N) is 1. The molecule has 0 aliphatic heterocycles. The van der Waals surface area contributed by atoms with E-state index in [1.807, 2.05) is 6.07 Å². The highest BCUT2D eigenvalue weighted by molar-refractivity contribution is 6.20. The molecular weight excluding hydrogens is 252 g/mol. The van der Waals surface area contributed by atoms with Crippen molar-refractivity contribution < 1.29 is 4.42 Å². The minimum atomic E-state index is -0.283. The van der Waals surface area contributed by atoms with Gasteiger partial charge in [-0.05, 0) is 25.0 Å². The molecule has 5 nitrogen and oxygen atoms in total. The molecule has 2 aromatic heterocycles. The van der Waals surface area contributed by atoms with Gasteiger partial charge in [0.2, 0.25) is 5.89 Å². The predicted molar refractivity (Wildman–Crippen MR) is 69.5 cm³/mol.